The number of nitrogens with one attached hydrogen (secondary N) is 1. The molecule has 38 heavy (non-hydrogen) atoms. The molecule has 2 aromatic heterocycles. The molecule has 194 valence electrons. The van der Waals surface area contributed by atoms with E-state index >= 15 is 0 Å². The average molecular weight is 534 g/mol. The van der Waals surface area contributed by atoms with Gasteiger partial charge in [0, 0.05) is 29.3 Å². The molecule has 11 heteroatoms. The van der Waals surface area contributed by atoms with Crippen molar-refractivity contribution in [1.29, 1.82) is 0 Å². The lowest BCUT2D eigenvalue weighted by Gasteiger charge is -2.10. The fourth-order valence-electron chi connectivity index (χ4n) is 4.18. The van der Waals surface area contributed by atoms with E-state index in [0.29, 0.717) is 28.6 Å². The van der Waals surface area contributed by atoms with E-state index in [4.69, 9.17) is 9.15 Å². The molecule has 1 amide bonds. The quantitative estimate of drug-likeness (QED) is 0.217. The van der Waals surface area contributed by atoms with E-state index in [2.05, 4.69) is 10.4 Å². The van der Waals surface area contributed by atoms with E-state index in [1.54, 1.807) is 29.1 Å². The highest BCUT2D eigenvalue weighted by molar-refractivity contribution is 7.91. The van der Waals surface area contributed by atoms with Gasteiger partial charge in [-0.3, -0.25) is 4.79 Å². The second-order valence-electron chi connectivity index (χ2n) is 8.81. The standard InChI is InChI=1S/C27H23N3O7S/c31-24(28-20-12-13-38(34,35)17-20)16-36-25(32)11-10-19-15-30(21-7-2-1-3-8-21)29-26(19)22-14-18-6-4-5-9-23(18)37-27(22)33/h1-11,14-15,20H,12-13,16-17H2,(H,28,31)/b11-10+/t20-/m0/s1. The van der Waals surface area contributed by atoms with Crippen molar-refractivity contribution in [3.8, 4) is 16.9 Å². The number of ether oxygens (including phenoxy) is 1. The minimum absolute atomic E-state index is 0.0228. The summed E-state index contributed by atoms with van der Waals surface area (Å²) in [6.07, 6.45) is 4.57. The first-order chi connectivity index (χ1) is 18.3. The maximum atomic E-state index is 12.8. The van der Waals surface area contributed by atoms with Gasteiger partial charge in [0.05, 0.1) is 22.8 Å². The van der Waals surface area contributed by atoms with E-state index in [1.165, 1.54) is 6.08 Å². The van der Waals surface area contributed by atoms with Crippen LogP contribution in [0.2, 0.25) is 0 Å². The van der Waals surface area contributed by atoms with Crippen LogP contribution in [-0.4, -0.2) is 54.2 Å². The number of amides is 1. The Bertz CT molecular complexity index is 1710. The van der Waals surface area contributed by atoms with Crippen molar-refractivity contribution in [3.63, 3.8) is 0 Å². The first kappa shape index (κ1) is 25.2. The Labute approximate surface area is 217 Å². The monoisotopic (exact) mass is 533 g/mol. The third-order valence-corrected chi connectivity index (χ3v) is 7.77. The van der Waals surface area contributed by atoms with E-state index in [-0.39, 0.29) is 17.1 Å². The van der Waals surface area contributed by atoms with Crippen LogP contribution in [0.15, 0.2) is 82.1 Å². The van der Waals surface area contributed by atoms with Gasteiger partial charge in [-0.2, -0.15) is 5.10 Å². The van der Waals surface area contributed by atoms with E-state index in [1.807, 2.05) is 42.5 Å². The first-order valence-corrected chi connectivity index (χ1v) is 13.6. The Kier molecular flexibility index (Phi) is 6.93. The molecule has 0 spiro atoms. The fraction of sp³-hybridized carbons (Fsp3) is 0.185. The van der Waals surface area contributed by atoms with Gasteiger partial charge in [-0.05, 0) is 36.8 Å². The van der Waals surface area contributed by atoms with Gasteiger partial charge in [0.1, 0.15) is 11.3 Å². The molecular weight excluding hydrogens is 510 g/mol. The normalized spacial score (nSPS) is 16.6. The number of hydrogen-bond acceptors (Lipinski definition) is 8. The molecule has 4 aromatic rings. The summed E-state index contributed by atoms with van der Waals surface area (Å²) in [7, 11) is -3.14. The number of sulfone groups is 1. The van der Waals surface area contributed by atoms with E-state index in [0.717, 1.165) is 11.8 Å². The number of aromatic nitrogens is 2. The summed E-state index contributed by atoms with van der Waals surface area (Å²) in [6, 6.07) is 17.5. The Hall–Kier alpha value is -4.51. The molecule has 3 heterocycles. The summed E-state index contributed by atoms with van der Waals surface area (Å²) < 4.78 is 35.1. The van der Waals surface area contributed by atoms with Crippen molar-refractivity contribution in [1.82, 2.24) is 15.1 Å². The highest BCUT2D eigenvalue weighted by Crippen LogP contribution is 2.25. The van der Waals surface area contributed by atoms with Gasteiger partial charge in [-0.25, -0.2) is 22.7 Å². The third-order valence-electron chi connectivity index (χ3n) is 6.00. The molecule has 1 aliphatic rings. The number of benzene rings is 2. The predicted molar refractivity (Wildman–Crippen MR) is 140 cm³/mol. The number of carbonyl (C=O) groups excluding carboxylic acids is 2. The zero-order chi connectivity index (χ0) is 26.7. The van der Waals surface area contributed by atoms with Crippen LogP contribution < -0.4 is 10.9 Å². The summed E-state index contributed by atoms with van der Waals surface area (Å²) in [6.45, 7) is -0.551. The molecule has 1 atom stereocenters. The van der Waals surface area contributed by atoms with Crippen LogP contribution in [0, 0.1) is 0 Å². The number of carbonyl (C=O) groups is 2. The van der Waals surface area contributed by atoms with Crippen LogP contribution in [0.4, 0.5) is 0 Å². The maximum absolute atomic E-state index is 12.8. The van der Waals surface area contributed by atoms with Crippen molar-refractivity contribution in [3.05, 3.63) is 88.9 Å². The fourth-order valence-corrected chi connectivity index (χ4v) is 5.85. The zero-order valence-electron chi connectivity index (χ0n) is 20.1. The average Bonchev–Trinajstić information content (AvgIpc) is 3.48. The Morgan fingerprint density at radius 2 is 1.89 bits per heavy atom. The topological polar surface area (TPSA) is 138 Å². The molecule has 0 radical (unpaired) electrons. The smallest absolute Gasteiger partial charge is 0.345 e. The Morgan fingerprint density at radius 3 is 2.66 bits per heavy atom. The van der Waals surface area contributed by atoms with Crippen molar-refractivity contribution in [2.24, 2.45) is 0 Å². The molecule has 1 aliphatic heterocycles. The van der Waals surface area contributed by atoms with Crippen LogP contribution in [0.5, 0.6) is 0 Å². The summed E-state index contributed by atoms with van der Waals surface area (Å²) in [5.41, 5.74) is 1.58. The number of hydrogen-bond donors (Lipinski definition) is 1. The molecule has 1 N–H and O–H groups in total. The molecule has 10 nitrogen and oxygen atoms in total. The second kappa shape index (κ2) is 10.5. The number of esters is 1. The molecule has 5 rings (SSSR count). The molecule has 0 saturated carbocycles. The van der Waals surface area contributed by atoms with Gasteiger partial charge in [-0.15, -0.1) is 0 Å². The summed E-state index contributed by atoms with van der Waals surface area (Å²) in [5, 5.41) is 7.85. The largest absolute Gasteiger partial charge is 0.452 e. The van der Waals surface area contributed by atoms with Crippen LogP contribution >= 0.6 is 0 Å². The Morgan fingerprint density at radius 1 is 1.13 bits per heavy atom. The molecular formula is C27H23N3O7S. The van der Waals surface area contributed by atoms with Crippen molar-refractivity contribution in [2.45, 2.75) is 12.5 Å². The lowest BCUT2D eigenvalue weighted by Crippen LogP contribution is -2.38. The van der Waals surface area contributed by atoms with Crippen LogP contribution in [0.25, 0.3) is 34.0 Å². The van der Waals surface area contributed by atoms with Gasteiger partial charge in [0.15, 0.2) is 16.4 Å². The Balaban J connectivity index is 1.36. The highest BCUT2D eigenvalue weighted by Gasteiger charge is 2.29. The van der Waals surface area contributed by atoms with Crippen molar-refractivity contribution >= 4 is 38.8 Å². The van der Waals surface area contributed by atoms with Gasteiger partial charge < -0.3 is 14.5 Å². The summed E-state index contributed by atoms with van der Waals surface area (Å²) in [5.74, 6) is -1.47. The number of para-hydroxylation sites is 2. The van der Waals surface area contributed by atoms with Crippen molar-refractivity contribution in [2.75, 3.05) is 18.1 Å². The van der Waals surface area contributed by atoms with Gasteiger partial charge in [0.25, 0.3) is 5.91 Å². The highest BCUT2D eigenvalue weighted by atomic mass is 32.2. The van der Waals surface area contributed by atoms with Gasteiger partial charge in [0.2, 0.25) is 0 Å². The summed E-state index contributed by atoms with van der Waals surface area (Å²) >= 11 is 0. The lowest BCUT2D eigenvalue weighted by atomic mass is 10.1. The van der Waals surface area contributed by atoms with Crippen LogP contribution in [-0.2, 0) is 24.2 Å². The number of fused-ring (bicyclic) bond motifs is 1. The molecule has 0 bridgehead atoms. The van der Waals surface area contributed by atoms with Crippen LogP contribution in [0.1, 0.15) is 12.0 Å². The first-order valence-electron chi connectivity index (χ1n) is 11.8. The minimum atomic E-state index is -3.14. The molecule has 2 aromatic carbocycles. The zero-order valence-corrected chi connectivity index (χ0v) is 20.9. The van der Waals surface area contributed by atoms with Gasteiger partial charge in [-0.1, -0.05) is 36.4 Å². The minimum Gasteiger partial charge on any atom is -0.452 e. The van der Waals surface area contributed by atoms with E-state index < -0.39 is 40.0 Å². The molecule has 1 saturated heterocycles. The van der Waals surface area contributed by atoms with Gasteiger partial charge >= 0.3 is 11.6 Å². The number of nitrogens with zero attached hydrogens (tertiary/aromatic N) is 2. The van der Waals surface area contributed by atoms with E-state index in [9.17, 15) is 22.8 Å². The number of rotatable bonds is 7. The molecule has 0 aliphatic carbocycles. The lowest BCUT2D eigenvalue weighted by molar-refractivity contribution is -0.143. The third kappa shape index (κ3) is 5.73. The van der Waals surface area contributed by atoms with Crippen molar-refractivity contribution < 1.29 is 27.2 Å². The molecule has 1 fully saturated rings. The predicted octanol–water partition coefficient (Wildman–Crippen LogP) is 2.51. The molecule has 0 unspecified atom stereocenters. The summed E-state index contributed by atoms with van der Waals surface area (Å²) in [4.78, 5) is 37.2. The SMILES string of the molecule is O=C(COC(=O)/C=C/c1cn(-c2ccccc2)nc1-c1cc2ccccc2oc1=O)N[C@H]1CCS(=O)(=O)C1. The second-order valence-corrected chi connectivity index (χ2v) is 11.0. The maximum Gasteiger partial charge on any atom is 0.345 e. The van der Waals surface area contributed by atoms with Crippen LogP contribution in [0.3, 0.4) is 0 Å².